The predicted octanol–water partition coefficient (Wildman–Crippen LogP) is 3.60. The average molecular weight is 308 g/mol. The largest absolute Gasteiger partial charge is 0.417 e. The Hall–Kier alpha value is -1.51. The molecule has 8 heteroatoms. The third-order valence-corrected chi connectivity index (χ3v) is 3.53. The summed E-state index contributed by atoms with van der Waals surface area (Å²) in [7, 11) is 0. The Balaban J connectivity index is 2.54. The van der Waals surface area contributed by atoms with Crippen LogP contribution in [0.5, 0.6) is 0 Å². The molecule has 108 valence electrons. The predicted molar refractivity (Wildman–Crippen MR) is 64.8 cm³/mol. The van der Waals surface area contributed by atoms with E-state index in [0.717, 1.165) is 22.8 Å². The normalized spacial score (nSPS) is 13.5. The maximum absolute atomic E-state index is 13.7. The quantitative estimate of drug-likeness (QED) is 0.516. The molecule has 0 radical (unpaired) electrons. The molecule has 0 aliphatic carbocycles. The number of nitrogens with one attached hydrogen (secondary N) is 1. The first-order valence-corrected chi connectivity index (χ1v) is 6.34. The van der Waals surface area contributed by atoms with Crippen molar-refractivity contribution in [2.75, 3.05) is 0 Å². The molecule has 3 N–H and O–H groups in total. The number of hydrazine groups is 1. The number of rotatable bonds is 3. The second-order valence-electron chi connectivity index (χ2n) is 3.98. The lowest BCUT2D eigenvalue weighted by atomic mass is 9.97. The van der Waals surface area contributed by atoms with Crippen molar-refractivity contribution in [2.24, 2.45) is 5.84 Å². The monoisotopic (exact) mass is 308 g/mol. The molecule has 0 aliphatic heterocycles. The highest BCUT2D eigenvalue weighted by Crippen LogP contribution is 2.39. The fourth-order valence-corrected chi connectivity index (χ4v) is 2.73. The van der Waals surface area contributed by atoms with Crippen molar-refractivity contribution in [3.63, 3.8) is 0 Å². The molecule has 1 aromatic carbocycles. The molecule has 0 saturated heterocycles. The van der Waals surface area contributed by atoms with E-state index in [9.17, 15) is 22.0 Å². The second kappa shape index (κ2) is 5.47. The molecule has 0 aliphatic rings. The zero-order chi connectivity index (χ0) is 14.9. The molecular weight excluding hydrogens is 299 g/mol. The Kier molecular flexibility index (Phi) is 4.07. The van der Waals surface area contributed by atoms with Crippen molar-refractivity contribution in [1.29, 1.82) is 0 Å². The van der Waals surface area contributed by atoms with Gasteiger partial charge < -0.3 is 0 Å². The van der Waals surface area contributed by atoms with Crippen LogP contribution in [0.15, 0.2) is 29.0 Å². The molecule has 0 saturated carbocycles. The molecular formula is C12H9F5N2S. The summed E-state index contributed by atoms with van der Waals surface area (Å²) in [6, 6.07) is 1.98. The fourth-order valence-electron chi connectivity index (χ4n) is 1.85. The van der Waals surface area contributed by atoms with E-state index in [-0.39, 0.29) is 11.1 Å². The average Bonchev–Trinajstić information content (AvgIpc) is 2.84. The van der Waals surface area contributed by atoms with Crippen molar-refractivity contribution < 1.29 is 22.0 Å². The first-order chi connectivity index (χ1) is 9.36. The van der Waals surface area contributed by atoms with E-state index in [4.69, 9.17) is 5.84 Å². The summed E-state index contributed by atoms with van der Waals surface area (Å²) in [6.07, 6.45) is -4.59. The smallest absolute Gasteiger partial charge is 0.271 e. The summed E-state index contributed by atoms with van der Waals surface area (Å²) >= 11 is 0.810. The molecule has 0 amide bonds. The Morgan fingerprint density at radius 3 is 2.40 bits per heavy atom. The Morgan fingerprint density at radius 2 is 1.80 bits per heavy atom. The van der Waals surface area contributed by atoms with E-state index in [2.05, 4.69) is 5.43 Å². The Bertz CT molecular complexity index is 608. The van der Waals surface area contributed by atoms with Crippen LogP contribution in [0.1, 0.15) is 22.7 Å². The third kappa shape index (κ3) is 2.67. The topological polar surface area (TPSA) is 38.0 Å². The zero-order valence-electron chi connectivity index (χ0n) is 9.84. The van der Waals surface area contributed by atoms with Gasteiger partial charge in [0.05, 0.1) is 11.6 Å². The summed E-state index contributed by atoms with van der Waals surface area (Å²) in [5, 5.41) is 2.11. The summed E-state index contributed by atoms with van der Waals surface area (Å²) in [5.41, 5.74) is 0.657. The molecule has 0 spiro atoms. The fraction of sp³-hybridized carbons (Fsp3) is 0.167. The first-order valence-electron chi connectivity index (χ1n) is 5.39. The van der Waals surface area contributed by atoms with Crippen LogP contribution in [0.25, 0.3) is 0 Å². The molecule has 0 fully saturated rings. The lowest BCUT2D eigenvalue weighted by molar-refractivity contribution is -0.138. The molecule has 1 unspecified atom stereocenters. The van der Waals surface area contributed by atoms with Crippen LogP contribution in [0.4, 0.5) is 22.0 Å². The van der Waals surface area contributed by atoms with E-state index < -0.39 is 29.4 Å². The standard InChI is InChI=1S/C12H9F5N2S/c13-9-3-1-2-6(10(9)14)11(19-18)7-4-20-5-8(7)12(15,16)17/h1-5,11,19H,18H2. The number of nitrogens with two attached hydrogens (primary N) is 1. The maximum atomic E-state index is 13.7. The van der Waals surface area contributed by atoms with Crippen molar-refractivity contribution in [1.82, 2.24) is 5.43 Å². The van der Waals surface area contributed by atoms with E-state index in [1.807, 2.05) is 0 Å². The maximum Gasteiger partial charge on any atom is 0.417 e. The van der Waals surface area contributed by atoms with Gasteiger partial charge in [0.25, 0.3) is 0 Å². The minimum atomic E-state index is -4.59. The third-order valence-electron chi connectivity index (χ3n) is 2.77. The van der Waals surface area contributed by atoms with E-state index in [1.165, 1.54) is 17.5 Å². The van der Waals surface area contributed by atoms with Gasteiger partial charge in [-0.1, -0.05) is 12.1 Å². The highest BCUT2D eigenvalue weighted by Gasteiger charge is 2.36. The summed E-state index contributed by atoms with van der Waals surface area (Å²) in [4.78, 5) is 0. The highest BCUT2D eigenvalue weighted by atomic mass is 32.1. The molecule has 1 atom stereocenters. The van der Waals surface area contributed by atoms with Gasteiger partial charge in [-0.05, 0) is 17.0 Å². The van der Waals surface area contributed by atoms with Gasteiger partial charge in [-0.3, -0.25) is 5.84 Å². The van der Waals surface area contributed by atoms with E-state index in [0.29, 0.717) is 0 Å². The van der Waals surface area contributed by atoms with Gasteiger partial charge in [0.1, 0.15) is 0 Å². The van der Waals surface area contributed by atoms with Crippen LogP contribution in [0.2, 0.25) is 0 Å². The molecule has 0 bridgehead atoms. The Labute approximate surface area is 115 Å². The lowest BCUT2D eigenvalue weighted by Crippen LogP contribution is -2.31. The highest BCUT2D eigenvalue weighted by molar-refractivity contribution is 7.08. The van der Waals surface area contributed by atoms with Crippen molar-refractivity contribution in [3.8, 4) is 0 Å². The molecule has 20 heavy (non-hydrogen) atoms. The summed E-state index contributed by atoms with van der Waals surface area (Å²) in [5.74, 6) is 2.85. The molecule has 2 aromatic rings. The van der Waals surface area contributed by atoms with Gasteiger partial charge in [-0.15, -0.1) is 0 Å². The van der Waals surface area contributed by atoms with Gasteiger partial charge in [0.2, 0.25) is 0 Å². The Morgan fingerprint density at radius 1 is 1.10 bits per heavy atom. The number of benzene rings is 1. The lowest BCUT2D eigenvalue weighted by Gasteiger charge is -2.19. The second-order valence-corrected chi connectivity index (χ2v) is 4.72. The van der Waals surface area contributed by atoms with Crippen LogP contribution in [-0.4, -0.2) is 0 Å². The molecule has 2 nitrogen and oxygen atoms in total. The minimum Gasteiger partial charge on any atom is -0.271 e. The first kappa shape index (κ1) is 14.9. The number of hydrogen-bond donors (Lipinski definition) is 2. The van der Waals surface area contributed by atoms with Crippen molar-refractivity contribution >= 4 is 11.3 Å². The molecule has 1 heterocycles. The number of halogens is 5. The number of hydrogen-bond acceptors (Lipinski definition) is 3. The van der Waals surface area contributed by atoms with Gasteiger partial charge >= 0.3 is 6.18 Å². The van der Waals surface area contributed by atoms with E-state index >= 15 is 0 Å². The van der Waals surface area contributed by atoms with Crippen molar-refractivity contribution in [2.45, 2.75) is 12.2 Å². The minimum absolute atomic E-state index is 0.241. The SMILES string of the molecule is NNC(c1cscc1C(F)(F)F)c1cccc(F)c1F. The van der Waals surface area contributed by atoms with Crippen LogP contribution < -0.4 is 11.3 Å². The van der Waals surface area contributed by atoms with Crippen LogP contribution in [-0.2, 0) is 6.18 Å². The van der Waals surface area contributed by atoms with Crippen LogP contribution >= 0.6 is 11.3 Å². The summed E-state index contributed by atoms with van der Waals surface area (Å²) in [6.45, 7) is 0. The molecule has 1 aromatic heterocycles. The summed E-state index contributed by atoms with van der Waals surface area (Å²) < 4.78 is 65.4. The van der Waals surface area contributed by atoms with Crippen molar-refractivity contribution in [3.05, 3.63) is 57.3 Å². The zero-order valence-corrected chi connectivity index (χ0v) is 10.7. The number of thiophene rings is 1. The van der Waals surface area contributed by atoms with Gasteiger partial charge in [0.15, 0.2) is 11.6 Å². The number of alkyl halides is 3. The van der Waals surface area contributed by atoms with Gasteiger partial charge in [-0.25, -0.2) is 14.2 Å². The molecule has 2 rings (SSSR count). The van der Waals surface area contributed by atoms with Crippen LogP contribution in [0, 0.1) is 11.6 Å². The van der Waals surface area contributed by atoms with Gasteiger partial charge in [-0.2, -0.15) is 24.5 Å². The van der Waals surface area contributed by atoms with Crippen LogP contribution in [0.3, 0.4) is 0 Å². The van der Waals surface area contributed by atoms with Gasteiger partial charge in [0, 0.05) is 10.9 Å². The van der Waals surface area contributed by atoms with E-state index in [1.54, 1.807) is 0 Å².